The van der Waals surface area contributed by atoms with E-state index in [9.17, 15) is 0 Å². The van der Waals surface area contributed by atoms with Gasteiger partial charge < -0.3 is 14.0 Å². The van der Waals surface area contributed by atoms with Crippen LogP contribution < -0.4 is 9.47 Å². The van der Waals surface area contributed by atoms with E-state index in [2.05, 4.69) is 11.1 Å². The first-order chi connectivity index (χ1) is 10.8. The molecule has 0 saturated heterocycles. The normalized spacial score (nSPS) is 12.5. The van der Waals surface area contributed by atoms with Crippen molar-refractivity contribution in [1.29, 1.82) is 5.26 Å². The van der Waals surface area contributed by atoms with Crippen LogP contribution in [0.25, 0.3) is 22.4 Å². The van der Waals surface area contributed by atoms with Crippen molar-refractivity contribution in [3.05, 3.63) is 42.0 Å². The van der Waals surface area contributed by atoms with Crippen LogP contribution in [0.15, 0.2) is 36.4 Å². The maximum absolute atomic E-state index is 9.15. The van der Waals surface area contributed by atoms with E-state index in [0.29, 0.717) is 11.5 Å². The number of hydrogen-bond donors (Lipinski definition) is 0. The van der Waals surface area contributed by atoms with E-state index < -0.39 is 0 Å². The van der Waals surface area contributed by atoms with E-state index in [1.165, 1.54) is 5.56 Å². The van der Waals surface area contributed by atoms with Gasteiger partial charge in [0.05, 0.1) is 17.1 Å². The molecule has 5 nitrogen and oxygen atoms in total. The summed E-state index contributed by atoms with van der Waals surface area (Å²) in [6.45, 7) is 2.51. The second kappa shape index (κ2) is 4.78. The lowest BCUT2D eigenvalue weighted by molar-refractivity contribution is 0.174. The Kier molecular flexibility index (Phi) is 2.76. The molecule has 4 rings (SSSR count). The molecule has 2 aromatic carbocycles. The minimum atomic E-state index is 0.227. The molecular formula is C17H13N3O2. The molecule has 1 aliphatic heterocycles. The Hall–Kier alpha value is -3.00. The summed E-state index contributed by atoms with van der Waals surface area (Å²) in [5.41, 5.74) is 3.85. The summed E-state index contributed by atoms with van der Waals surface area (Å²) >= 11 is 0. The lowest BCUT2D eigenvalue weighted by Crippen LogP contribution is -1.98. The molecule has 0 spiro atoms. The fourth-order valence-electron chi connectivity index (χ4n) is 2.67. The summed E-state index contributed by atoms with van der Waals surface area (Å²) in [5, 5.41) is 9.15. The van der Waals surface area contributed by atoms with Gasteiger partial charge in [-0.3, -0.25) is 0 Å². The highest BCUT2D eigenvalue weighted by atomic mass is 16.7. The third-order valence-corrected chi connectivity index (χ3v) is 3.78. The largest absolute Gasteiger partial charge is 0.454 e. The van der Waals surface area contributed by atoms with Crippen LogP contribution in [0.5, 0.6) is 11.5 Å². The number of nitrogens with zero attached hydrogens (tertiary/aromatic N) is 3. The lowest BCUT2D eigenvalue weighted by atomic mass is 10.1. The number of aromatic nitrogens is 2. The molecule has 0 unspecified atom stereocenters. The van der Waals surface area contributed by atoms with Crippen LogP contribution in [0.2, 0.25) is 0 Å². The van der Waals surface area contributed by atoms with E-state index >= 15 is 0 Å². The van der Waals surface area contributed by atoms with Crippen molar-refractivity contribution in [3.63, 3.8) is 0 Å². The molecule has 1 aliphatic rings. The third-order valence-electron chi connectivity index (χ3n) is 3.78. The Morgan fingerprint density at radius 3 is 2.64 bits per heavy atom. The van der Waals surface area contributed by atoms with Crippen LogP contribution >= 0.6 is 0 Å². The molecule has 1 aromatic heterocycles. The summed E-state index contributed by atoms with van der Waals surface area (Å²) in [6.07, 6.45) is 0. The monoisotopic (exact) mass is 291 g/mol. The van der Waals surface area contributed by atoms with Crippen molar-refractivity contribution in [3.8, 4) is 29.0 Å². The minimum Gasteiger partial charge on any atom is -0.454 e. The standard InChI is InChI=1S/C17H13N3O2/c1-11-2-4-12(5-3-11)17-19-13-8-15-16(22-10-21-15)9-14(13)20(17)7-6-18/h2-5,8-9H,7,10H2,1H3. The van der Waals surface area contributed by atoms with Gasteiger partial charge in [-0.05, 0) is 6.92 Å². The summed E-state index contributed by atoms with van der Waals surface area (Å²) in [7, 11) is 0. The van der Waals surface area contributed by atoms with Gasteiger partial charge >= 0.3 is 0 Å². The Labute approximate surface area is 127 Å². The Morgan fingerprint density at radius 1 is 1.18 bits per heavy atom. The number of hydrogen-bond acceptors (Lipinski definition) is 4. The fourth-order valence-corrected chi connectivity index (χ4v) is 2.67. The van der Waals surface area contributed by atoms with Gasteiger partial charge in [-0.25, -0.2) is 4.98 Å². The summed E-state index contributed by atoms with van der Waals surface area (Å²) in [4.78, 5) is 4.68. The highest BCUT2D eigenvalue weighted by molar-refractivity contribution is 5.84. The lowest BCUT2D eigenvalue weighted by Gasteiger charge is -2.05. The van der Waals surface area contributed by atoms with Crippen molar-refractivity contribution < 1.29 is 9.47 Å². The topological polar surface area (TPSA) is 60.1 Å². The van der Waals surface area contributed by atoms with E-state index in [1.807, 2.05) is 47.9 Å². The van der Waals surface area contributed by atoms with Crippen LogP contribution in [0.1, 0.15) is 5.56 Å². The van der Waals surface area contributed by atoms with Gasteiger partial charge in [0.1, 0.15) is 12.4 Å². The van der Waals surface area contributed by atoms with Gasteiger partial charge in [0.2, 0.25) is 6.79 Å². The Morgan fingerprint density at radius 2 is 1.91 bits per heavy atom. The second-order valence-electron chi connectivity index (χ2n) is 5.24. The molecule has 0 saturated carbocycles. The SMILES string of the molecule is Cc1ccc(-c2nc3cc4c(cc3n2CC#N)OCO4)cc1. The number of aryl methyl sites for hydroxylation is 1. The zero-order chi connectivity index (χ0) is 15.1. The van der Waals surface area contributed by atoms with Crippen LogP contribution in [-0.4, -0.2) is 16.3 Å². The highest BCUT2D eigenvalue weighted by Crippen LogP contribution is 2.37. The molecule has 2 heterocycles. The second-order valence-corrected chi connectivity index (χ2v) is 5.24. The average molecular weight is 291 g/mol. The quantitative estimate of drug-likeness (QED) is 0.727. The maximum Gasteiger partial charge on any atom is 0.231 e. The Bertz CT molecular complexity index is 904. The first-order valence-electron chi connectivity index (χ1n) is 7.00. The smallest absolute Gasteiger partial charge is 0.231 e. The fraction of sp³-hybridized carbons (Fsp3) is 0.176. The molecule has 0 amide bonds. The molecule has 108 valence electrons. The minimum absolute atomic E-state index is 0.227. The maximum atomic E-state index is 9.15. The van der Waals surface area contributed by atoms with Crippen LogP contribution in [-0.2, 0) is 6.54 Å². The average Bonchev–Trinajstić information content (AvgIpc) is 3.11. The van der Waals surface area contributed by atoms with Crippen molar-refractivity contribution in [2.24, 2.45) is 0 Å². The van der Waals surface area contributed by atoms with Gasteiger partial charge in [-0.2, -0.15) is 5.26 Å². The zero-order valence-electron chi connectivity index (χ0n) is 12.0. The van der Waals surface area contributed by atoms with Gasteiger partial charge in [-0.1, -0.05) is 29.8 Å². The van der Waals surface area contributed by atoms with Crippen LogP contribution in [0.3, 0.4) is 0 Å². The molecule has 0 atom stereocenters. The number of nitriles is 1. The first kappa shape index (κ1) is 12.7. The molecule has 0 bridgehead atoms. The molecule has 0 radical (unpaired) electrons. The zero-order valence-corrected chi connectivity index (χ0v) is 12.0. The Balaban J connectivity index is 1.96. The number of ether oxygens (including phenoxy) is 2. The predicted octanol–water partition coefficient (Wildman–Crippen LogP) is 3.26. The van der Waals surface area contributed by atoms with E-state index in [1.54, 1.807) is 0 Å². The van der Waals surface area contributed by atoms with Gasteiger partial charge in [0, 0.05) is 17.7 Å². The molecule has 3 aromatic rings. The third kappa shape index (κ3) is 1.89. The number of benzene rings is 2. The van der Waals surface area contributed by atoms with Crippen molar-refractivity contribution in [1.82, 2.24) is 9.55 Å². The van der Waals surface area contributed by atoms with E-state index in [4.69, 9.17) is 14.7 Å². The molecule has 0 aliphatic carbocycles. The van der Waals surface area contributed by atoms with Crippen molar-refractivity contribution >= 4 is 11.0 Å². The molecular weight excluding hydrogens is 278 g/mol. The number of imidazole rings is 1. The van der Waals surface area contributed by atoms with E-state index in [-0.39, 0.29) is 13.3 Å². The summed E-state index contributed by atoms with van der Waals surface area (Å²) < 4.78 is 12.7. The molecule has 0 N–H and O–H groups in total. The van der Waals surface area contributed by atoms with Crippen LogP contribution in [0, 0.1) is 18.3 Å². The van der Waals surface area contributed by atoms with Gasteiger partial charge in [0.25, 0.3) is 0 Å². The molecule has 5 heteroatoms. The van der Waals surface area contributed by atoms with Crippen LogP contribution in [0.4, 0.5) is 0 Å². The highest BCUT2D eigenvalue weighted by Gasteiger charge is 2.19. The first-order valence-corrected chi connectivity index (χ1v) is 7.00. The number of rotatable bonds is 2. The van der Waals surface area contributed by atoms with Gasteiger partial charge in [-0.15, -0.1) is 0 Å². The predicted molar refractivity (Wildman–Crippen MR) is 81.6 cm³/mol. The number of fused-ring (bicyclic) bond motifs is 2. The molecule has 22 heavy (non-hydrogen) atoms. The van der Waals surface area contributed by atoms with Crippen molar-refractivity contribution in [2.45, 2.75) is 13.5 Å². The van der Waals surface area contributed by atoms with Crippen molar-refractivity contribution in [2.75, 3.05) is 6.79 Å². The molecule has 0 fully saturated rings. The summed E-state index contributed by atoms with van der Waals surface area (Å²) in [6, 6.07) is 14.1. The summed E-state index contributed by atoms with van der Waals surface area (Å²) in [5.74, 6) is 2.17. The van der Waals surface area contributed by atoms with Gasteiger partial charge in [0.15, 0.2) is 11.5 Å². The van der Waals surface area contributed by atoms with E-state index in [0.717, 1.165) is 22.4 Å².